The van der Waals surface area contributed by atoms with Crippen LogP contribution in [0.25, 0.3) is 28.2 Å². The quantitative estimate of drug-likeness (QED) is 0.183. The summed E-state index contributed by atoms with van der Waals surface area (Å²) in [5.74, 6) is 3.84. The minimum Gasteiger partial charge on any atom is -0.481 e. The third-order valence-electron chi connectivity index (χ3n) is 8.39. The first-order valence-electron chi connectivity index (χ1n) is 17.0. The maximum atomic E-state index is 13.4. The summed E-state index contributed by atoms with van der Waals surface area (Å²) in [6.45, 7) is 21.8. The molecule has 0 spiro atoms. The molecule has 2 amide bonds. The van der Waals surface area contributed by atoms with E-state index in [1.54, 1.807) is 47.1 Å². The number of methoxy groups -OCH3 is 1. The number of ether oxygens (including phenoxy) is 2. The number of anilines is 1. The van der Waals surface area contributed by atoms with E-state index in [0.717, 1.165) is 33.7 Å². The average Bonchev–Trinajstić information content (AvgIpc) is 3.44. The fourth-order valence-electron chi connectivity index (χ4n) is 4.93. The van der Waals surface area contributed by atoms with E-state index in [0.29, 0.717) is 27.9 Å². The van der Waals surface area contributed by atoms with Gasteiger partial charge in [-0.1, -0.05) is 41.5 Å². The molecule has 1 atom stereocenters. The van der Waals surface area contributed by atoms with Gasteiger partial charge in [-0.3, -0.25) is 14.1 Å². The minimum atomic E-state index is -1.35. The lowest BCUT2D eigenvalue weighted by molar-refractivity contribution is -0.120. The Balaban J connectivity index is 0.00000295. The number of fused-ring (bicyclic) bond motifs is 1. The van der Waals surface area contributed by atoms with Crippen LogP contribution in [0.4, 0.5) is 10.6 Å². The van der Waals surface area contributed by atoms with Crippen molar-refractivity contribution in [2.75, 3.05) is 25.7 Å². The van der Waals surface area contributed by atoms with Crippen LogP contribution in [0.5, 0.6) is 5.88 Å². The highest BCUT2D eigenvalue weighted by molar-refractivity contribution is 8.37. The summed E-state index contributed by atoms with van der Waals surface area (Å²) in [5, 5.41) is 7.25. The summed E-state index contributed by atoms with van der Waals surface area (Å²) in [4.78, 5) is 41.6. The molecule has 272 valence electrons. The van der Waals surface area contributed by atoms with Crippen LogP contribution in [0.2, 0.25) is 0 Å². The molecule has 0 bridgehead atoms. The molecule has 10 nitrogen and oxygen atoms in total. The highest BCUT2D eigenvalue weighted by atomic mass is 32.3. The van der Waals surface area contributed by atoms with Gasteiger partial charge in [-0.25, -0.2) is 19.7 Å². The summed E-state index contributed by atoms with van der Waals surface area (Å²) in [6, 6.07) is 10.7. The van der Waals surface area contributed by atoms with Gasteiger partial charge in [0, 0.05) is 38.1 Å². The number of hydrogen-bond acceptors (Lipinski definition) is 7. The van der Waals surface area contributed by atoms with Crippen LogP contribution < -0.4 is 10.1 Å². The number of nitrogens with zero attached hydrogens (tertiary/aromatic N) is 5. The van der Waals surface area contributed by atoms with E-state index in [1.807, 2.05) is 61.7 Å². The molecule has 4 heterocycles. The highest BCUT2D eigenvalue weighted by Gasteiger charge is 2.28. The largest absolute Gasteiger partial charge is 0.481 e. The molecule has 4 aromatic heterocycles. The summed E-state index contributed by atoms with van der Waals surface area (Å²) in [5.41, 5.74) is 4.77. The van der Waals surface area contributed by atoms with E-state index < -0.39 is 33.7 Å². The molecule has 0 aromatic carbocycles. The van der Waals surface area contributed by atoms with Crippen molar-refractivity contribution < 1.29 is 20.5 Å². The molecule has 0 saturated heterocycles. The van der Waals surface area contributed by atoms with Crippen LogP contribution >= 0.6 is 10.0 Å². The average molecular weight is 705 g/mol. The number of imidazole rings is 1. The number of hydrogen-bond donors (Lipinski definition) is 1. The number of aryl methyl sites for hydroxylation is 1. The highest BCUT2D eigenvalue weighted by Crippen LogP contribution is 2.52. The Bertz CT molecular complexity index is 1880. The Kier molecular flexibility index (Phi) is 13.1. The third kappa shape index (κ3) is 9.16. The van der Waals surface area contributed by atoms with Crippen molar-refractivity contribution in [2.45, 2.75) is 98.3 Å². The first kappa shape index (κ1) is 39.9. The molecule has 0 radical (unpaired) electrons. The maximum absolute atomic E-state index is 13.4. The van der Waals surface area contributed by atoms with E-state index in [9.17, 15) is 9.59 Å². The second-order valence-electron chi connectivity index (χ2n) is 13.5. The van der Waals surface area contributed by atoms with Gasteiger partial charge in [0.25, 0.3) is 0 Å². The van der Waals surface area contributed by atoms with Gasteiger partial charge in [0.15, 0.2) is 0 Å². The van der Waals surface area contributed by atoms with Crippen LogP contribution in [-0.2, 0) is 9.53 Å². The van der Waals surface area contributed by atoms with Crippen molar-refractivity contribution in [1.29, 1.82) is 0 Å². The normalized spacial score (nSPS) is 12.4. The van der Waals surface area contributed by atoms with Crippen molar-refractivity contribution in [3.63, 3.8) is 0 Å². The van der Waals surface area contributed by atoms with Crippen molar-refractivity contribution in [2.24, 2.45) is 0 Å². The number of carbonyl (C=O) groups is 2. The lowest BCUT2D eigenvalue weighted by Gasteiger charge is -2.38. The smallest absolute Gasteiger partial charge is 0.410 e. The zero-order valence-corrected chi connectivity index (χ0v) is 32.9. The summed E-state index contributed by atoms with van der Waals surface area (Å²) in [6.07, 6.45) is 5.35. The molecule has 4 rings (SSSR count). The maximum Gasteiger partial charge on any atom is 0.410 e. The van der Waals surface area contributed by atoms with Crippen LogP contribution in [0.3, 0.4) is 0 Å². The van der Waals surface area contributed by atoms with E-state index in [-0.39, 0.29) is 1.43 Å². The number of pyridine rings is 3. The van der Waals surface area contributed by atoms with Gasteiger partial charge >= 0.3 is 6.09 Å². The first-order chi connectivity index (χ1) is 23.4. The van der Waals surface area contributed by atoms with Crippen molar-refractivity contribution in [1.82, 2.24) is 24.3 Å². The van der Waals surface area contributed by atoms with Gasteiger partial charge in [0.2, 0.25) is 11.8 Å². The third-order valence-corrected chi connectivity index (χ3v) is 12.8. The second-order valence-corrected chi connectivity index (χ2v) is 17.7. The van der Waals surface area contributed by atoms with Crippen LogP contribution in [0.15, 0.2) is 48.8 Å². The van der Waals surface area contributed by atoms with E-state index in [4.69, 9.17) is 19.4 Å². The summed E-state index contributed by atoms with van der Waals surface area (Å²) >= 11 is 0. The fraction of sp³-hybridized carbons (Fsp3) is 0.462. The Morgan fingerprint density at radius 2 is 1.68 bits per heavy atom. The molecule has 0 saturated carbocycles. The van der Waals surface area contributed by atoms with E-state index >= 15 is 0 Å². The molecular formula is C39H56N6O4S. The predicted octanol–water partition coefficient (Wildman–Crippen LogP) is 8.80. The van der Waals surface area contributed by atoms with Crippen LogP contribution in [0, 0.1) is 18.1 Å². The SMILES string of the molecule is CC.COc1cc(-c2nc3cc(C)ccn3c2-c2ccc(NC(=O)C(C)N(C)C(=O)OC(C)(C)C)nc2C#CS(C)(C(C)C)C(C)C)ccn1.[HH]. The lowest BCUT2D eigenvalue weighted by Crippen LogP contribution is -2.45. The standard InChI is InChI=1S/C37H48N6O4S.C2H6.H2/c1-23(2)48(12,24(3)4)20-17-29-28(13-14-30(39-29)40-35(44)26(6)42(10)36(45)47-37(7,8)9)34-33(27-15-18-38-32(22-27)46-11)41-31-21-25(5)16-19-43(31)34;1-2;/h13-16,18-19,21-24,26H,1-12H3,(H,39,40,44);1-2H3;1H. The Morgan fingerprint density at radius 3 is 2.28 bits per heavy atom. The first-order valence-corrected chi connectivity index (χ1v) is 19.2. The van der Waals surface area contributed by atoms with Crippen molar-refractivity contribution >= 4 is 33.5 Å². The molecule has 50 heavy (non-hydrogen) atoms. The topological polar surface area (TPSA) is 111 Å². The van der Waals surface area contributed by atoms with E-state index in [2.05, 4.69) is 55.4 Å². The minimum absolute atomic E-state index is 0. The van der Waals surface area contributed by atoms with Gasteiger partial charge in [-0.15, -0.1) is 0 Å². The molecule has 0 aliphatic rings. The zero-order valence-electron chi connectivity index (χ0n) is 32.1. The molecule has 0 aliphatic heterocycles. The number of carbonyl (C=O) groups excluding carboxylic acids is 2. The molecule has 4 aromatic rings. The van der Waals surface area contributed by atoms with Gasteiger partial charge in [-0.05, 0) is 98.4 Å². The molecular weight excluding hydrogens is 649 g/mol. The number of rotatable bonds is 8. The Hall–Kier alpha value is -4.56. The molecule has 1 unspecified atom stereocenters. The number of amides is 2. The lowest BCUT2D eigenvalue weighted by atomic mass is 10.0. The monoisotopic (exact) mass is 704 g/mol. The van der Waals surface area contributed by atoms with Gasteiger partial charge < -0.3 is 14.8 Å². The van der Waals surface area contributed by atoms with Crippen LogP contribution in [0.1, 0.15) is 81.9 Å². The Labute approximate surface area is 301 Å². The van der Waals surface area contributed by atoms with Crippen LogP contribution in [-0.4, -0.2) is 78.8 Å². The fourth-order valence-corrected chi connectivity index (χ4v) is 6.80. The van der Waals surface area contributed by atoms with E-state index in [1.165, 1.54) is 11.9 Å². The molecule has 0 aliphatic carbocycles. The summed E-state index contributed by atoms with van der Waals surface area (Å²) in [7, 11) is 1.77. The molecule has 0 fully saturated rings. The number of likely N-dealkylation sites (N-methyl/N-ethyl adjacent to an activating group) is 1. The predicted molar refractivity (Wildman–Crippen MR) is 209 cm³/mol. The number of aromatic nitrogens is 4. The molecule has 1 N–H and O–H groups in total. The van der Waals surface area contributed by atoms with Crippen molar-refractivity contribution in [3.05, 3.63) is 60.0 Å². The zero-order chi connectivity index (χ0) is 37.6. The molecule has 11 heteroatoms. The summed E-state index contributed by atoms with van der Waals surface area (Å²) < 4.78 is 12.9. The van der Waals surface area contributed by atoms with Gasteiger partial charge in [-0.2, -0.15) is 10.0 Å². The van der Waals surface area contributed by atoms with Crippen molar-refractivity contribution in [3.8, 4) is 39.6 Å². The van der Waals surface area contributed by atoms with Gasteiger partial charge in [0.1, 0.15) is 28.8 Å². The second kappa shape index (κ2) is 16.4. The Morgan fingerprint density at radius 1 is 1.02 bits per heavy atom. The van der Waals surface area contributed by atoms with Gasteiger partial charge in [0.05, 0.1) is 18.5 Å². The number of nitrogens with one attached hydrogen (secondary N) is 1.